The summed E-state index contributed by atoms with van der Waals surface area (Å²) in [6.45, 7) is 5.31. The maximum Gasteiger partial charge on any atom is 0.147 e. The zero-order valence-electron chi connectivity index (χ0n) is 10.2. The Morgan fingerprint density at radius 1 is 1.47 bits per heavy atom. The van der Waals surface area contributed by atoms with E-state index < -0.39 is 0 Å². The number of rotatable bonds is 2. The topological polar surface area (TPSA) is 15.6 Å². The van der Waals surface area contributed by atoms with Crippen molar-refractivity contribution in [3.8, 4) is 0 Å². The Kier molecular flexibility index (Phi) is 4.22. The summed E-state index contributed by atoms with van der Waals surface area (Å²) in [4.78, 5) is 5.84. The van der Waals surface area contributed by atoms with Crippen molar-refractivity contribution in [1.82, 2.24) is 0 Å². The number of hydrogen-bond donors (Lipinski definition) is 0. The molecule has 2 rings (SSSR count). The van der Waals surface area contributed by atoms with Crippen molar-refractivity contribution in [2.24, 2.45) is 4.99 Å². The highest BCUT2D eigenvalue weighted by molar-refractivity contribution is 9.12. The first kappa shape index (κ1) is 14.0. The molecule has 1 aromatic carbocycles. The molecule has 0 saturated carbocycles. The maximum atomic E-state index is 13.9. The smallest absolute Gasteiger partial charge is 0.147 e. The standard InChI is InChI=1S/C14H11BrClFN2/c1-3-18-13-10(15)8-19(14(13)9(2)16)12-7-5-4-6-11(12)17/h3-8H,1H2,2H3/b14-9-,18-13?. The molecule has 1 aliphatic heterocycles. The first-order chi connectivity index (χ1) is 9.06. The van der Waals surface area contributed by atoms with Crippen molar-refractivity contribution in [1.29, 1.82) is 0 Å². The zero-order valence-corrected chi connectivity index (χ0v) is 12.5. The Hall–Kier alpha value is -1.39. The lowest BCUT2D eigenvalue weighted by Gasteiger charge is -2.19. The average molecular weight is 342 g/mol. The molecule has 5 heteroatoms. The van der Waals surface area contributed by atoms with Crippen LogP contribution in [0.25, 0.3) is 0 Å². The number of anilines is 1. The minimum absolute atomic E-state index is 0.325. The van der Waals surface area contributed by atoms with Gasteiger partial charge in [0.2, 0.25) is 0 Å². The van der Waals surface area contributed by atoms with E-state index >= 15 is 0 Å². The molecule has 1 heterocycles. The number of benzene rings is 1. The summed E-state index contributed by atoms with van der Waals surface area (Å²) in [6.07, 6.45) is 3.16. The summed E-state index contributed by atoms with van der Waals surface area (Å²) in [7, 11) is 0. The van der Waals surface area contributed by atoms with Crippen LogP contribution < -0.4 is 4.90 Å². The summed E-state index contributed by atoms with van der Waals surface area (Å²) >= 11 is 9.53. The summed E-state index contributed by atoms with van der Waals surface area (Å²) in [5.41, 5.74) is 1.69. The third-order valence-corrected chi connectivity index (χ3v) is 3.35. The van der Waals surface area contributed by atoms with E-state index in [9.17, 15) is 4.39 Å². The molecule has 0 atom stereocenters. The van der Waals surface area contributed by atoms with Crippen molar-refractivity contribution in [3.63, 3.8) is 0 Å². The number of hydrogen-bond acceptors (Lipinski definition) is 2. The summed E-state index contributed by atoms with van der Waals surface area (Å²) < 4.78 is 14.6. The molecule has 0 N–H and O–H groups in total. The van der Waals surface area contributed by atoms with Gasteiger partial charge in [0.25, 0.3) is 0 Å². The van der Waals surface area contributed by atoms with E-state index in [1.165, 1.54) is 12.3 Å². The molecule has 19 heavy (non-hydrogen) atoms. The van der Waals surface area contributed by atoms with E-state index in [0.717, 1.165) is 4.48 Å². The number of nitrogens with zero attached hydrogens (tertiary/aromatic N) is 2. The summed E-state index contributed by atoms with van der Waals surface area (Å²) in [5, 5.41) is 0.523. The summed E-state index contributed by atoms with van der Waals surface area (Å²) in [5.74, 6) is -0.325. The Labute approximate surface area is 124 Å². The third kappa shape index (κ3) is 2.65. The van der Waals surface area contributed by atoms with Gasteiger partial charge in [0.1, 0.15) is 11.5 Å². The van der Waals surface area contributed by atoms with Crippen molar-refractivity contribution >= 4 is 38.9 Å². The molecule has 1 aromatic rings. The van der Waals surface area contributed by atoms with Crippen LogP contribution in [0.5, 0.6) is 0 Å². The van der Waals surface area contributed by atoms with Gasteiger partial charge in [-0.15, -0.1) is 0 Å². The van der Waals surface area contributed by atoms with Crippen molar-refractivity contribution in [2.75, 3.05) is 4.90 Å². The van der Waals surface area contributed by atoms with Gasteiger partial charge in [-0.3, -0.25) is 4.99 Å². The predicted octanol–water partition coefficient (Wildman–Crippen LogP) is 4.94. The van der Waals surface area contributed by atoms with Crippen LogP contribution in [-0.2, 0) is 0 Å². The first-order valence-electron chi connectivity index (χ1n) is 5.53. The van der Waals surface area contributed by atoms with Crippen LogP contribution in [0.3, 0.4) is 0 Å². The van der Waals surface area contributed by atoms with Gasteiger partial charge in [0.15, 0.2) is 0 Å². The fourth-order valence-corrected chi connectivity index (χ4v) is 2.52. The second-order valence-corrected chi connectivity index (χ2v) is 5.26. The Morgan fingerprint density at radius 3 is 2.74 bits per heavy atom. The molecule has 0 spiro atoms. The molecular weight excluding hydrogens is 331 g/mol. The number of halogens is 3. The van der Waals surface area contributed by atoms with Crippen LogP contribution in [0.15, 0.2) is 63.4 Å². The second kappa shape index (κ2) is 5.72. The van der Waals surface area contributed by atoms with Crippen LogP contribution in [0.4, 0.5) is 10.1 Å². The highest BCUT2D eigenvalue weighted by atomic mass is 79.9. The largest absolute Gasteiger partial charge is 0.310 e. The SMILES string of the molecule is C=CN=C1C(Br)=CN(c2ccccc2F)/C1=C(/C)Cl. The lowest BCUT2D eigenvalue weighted by Crippen LogP contribution is -2.17. The minimum Gasteiger partial charge on any atom is -0.310 e. The van der Waals surface area contributed by atoms with Crippen LogP contribution in [0.2, 0.25) is 0 Å². The van der Waals surface area contributed by atoms with Crippen LogP contribution in [-0.4, -0.2) is 5.71 Å². The Balaban J connectivity index is 2.60. The molecule has 0 aliphatic carbocycles. The molecule has 0 fully saturated rings. The van der Waals surface area contributed by atoms with Gasteiger partial charge in [-0.1, -0.05) is 30.3 Å². The lowest BCUT2D eigenvalue weighted by molar-refractivity contribution is 0.628. The highest BCUT2D eigenvalue weighted by Crippen LogP contribution is 2.35. The Bertz CT molecular complexity index is 616. The second-order valence-electron chi connectivity index (χ2n) is 3.84. The molecule has 0 unspecified atom stereocenters. The minimum atomic E-state index is -0.325. The van der Waals surface area contributed by atoms with Gasteiger partial charge < -0.3 is 4.90 Å². The summed E-state index contributed by atoms with van der Waals surface area (Å²) in [6, 6.07) is 6.50. The monoisotopic (exact) mass is 340 g/mol. The van der Waals surface area contributed by atoms with E-state index in [1.807, 2.05) is 0 Å². The molecule has 0 radical (unpaired) electrons. The number of allylic oxidation sites excluding steroid dienone is 2. The average Bonchev–Trinajstić information content (AvgIpc) is 2.68. The van der Waals surface area contributed by atoms with Crippen molar-refractivity contribution in [2.45, 2.75) is 6.92 Å². The third-order valence-electron chi connectivity index (χ3n) is 2.59. The number of para-hydroxylation sites is 1. The fraction of sp³-hybridized carbons (Fsp3) is 0.0714. The van der Waals surface area contributed by atoms with Gasteiger partial charge in [-0.05, 0) is 35.0 Å². The molecule has 2 nitrogen and oxygen atoms in total. The van der Waals surface area contributed by atoms with E-state index in [4.69, 9.17) is 11.6 Å². The highest BCUT2D eigenvalue weighted by Gasteiger charge is 2.28. The molecule has 0 amide bonds. The molecule has 98 valence electrons. The van der Waals surface area contributed by atoms with Crippen LogP contribution in [0, 0.1) is 5.82 Å². The van der Waals surface area contributed by atoms with Gasteiger partial charge in [-0.25, -0.2) is 4.39 Å². The van der Waals surface area contributed by atoms with Gasteiger partial charge in [0, 0.05) is 17.4 Å². The van der Waals surface area contributed by atoms with E-state index in [-0.39, 0.29) is 5.82 Å². The molecule has 0 bridgehead atoms. The van der Waals surface area contributed by atoms with Gasteiger partial charge >= 0.3 is 0 Å². The maximum absolute atomic E-state index is 13.9. The van der Waals surface area contributed by atoms with Crippen LogP contribution >= 0.6 is 27.5 Å². The van der Waals surface area contributed by atoms with Gasteiger partial charge in [-0.2, -0.15) is 0 Å². The molecule has 0 aromatic heterocycles. The molecule has 0 saturated heterocycles. The number of aliphatic imine (C=N–C) groups is 1. The van der Waals surface area contributed by atoms with E-state index in [1.54, 1.807) is 36.2 Å². The predicted molar refractivity (Wildman–Crippen MR) is 82.1 cm³/mol. The fourth-order valence-electron chi connectivity index (χ4n) is 1.85. The molecule has 1 aliphatic rings. The van der Waals surface area contributed by atoms with Crippen molar-refractivity contribution < 1.29 is 4.39 Å². The van der Waals surface area contributed by atoms with Crippen LogP contribution in [0.1, 0.15) is 6.92 Å². The lowest BCUT2D eigenvalue weighted by atomic mass is 10.2. The molecular formula is C14H11BrClFN2. The van der Waals surface area contributed by atoms with E-state index in [0.29, 0.717) is 22.1 Å². The normalized spacial score (nSPS) is 19.7. The van der Waals surface area contributed by atoms with Crippen molar-refractivity contribution in [3.05, 3.63) is 64.3 Å². The zero-order chi connectivity index (χ0) is 14.0. The quantitative estimate of drug-likeness (QED) is 0.744. The first-order valence-corrected chi connectivity index (χ1v) is 6.70. The van der Waals surface area contributed by atoms with Gasteiger partial charge in [0.05, 0.1) is 15.9 Å². The Morgan fingerprint density at radius 2 is 2.16 bits per heavy atom. The van der Waals surface area contributed by atoms with E-state index in [2.05, 4.69) is 27.5 Å².